The number of hydrogen-bond acceptors (Lipinski definition) is 2. The number of benzene rings is 2. The molecule has 0 spiro atoms. The molecule has 1 N–H and O–H groups in total. The highest BCUT2D eigenvalue weighted by molar-refractivity contribution is 6.30. The minimum absolute atomic E-state index is 0.202. The van der Waals surface area contributed by atoms with Gasteiger partial charge in [0.2, 0.25) is 0 Å². The fourth-order valence-corrected chi connectivity index (χ4v) is 1.85. The molecule has 0 amide bonds. The standard InChI is InChI=1S/C15H13ClO2/c16-13-8-6-11(7-9-13)10-14(17)15(18)12-4-2-1-3-5-12/h1-9,15,18H,10H2. The van der Waals surface area contributed by atoms with Gasteiger partial charge in [-0.15, -0.1) is 0 Å². The van der Waals surface area contributed by atoms with E-state index in [4.69, 9.17) is 11.6 Å². The number of halogens is 1. The van der Waals surface area contributed by atoms with E-state index in [2.05, 4.69) is 0 Å². The highest BCUT2D eigenvalue weighted by atomic mass is 35.5. The molecule has 2 nitrogen and oxygen atoms in total. The van der Waals surface area contributed by atoms with Gasteiger partial charge in [-0.3, -0.25) is 4.79 Å². The Bertz CT molecular complexity index is 520. The lowest BCUT2D eigenvalue weighted by Gasteiger charge is -2.09. The highest BCUT2D eigenvalue weighted by Crippen LogP contribution is 2.17. The van der Waals surface area contributed by atoms with Crippen LogP contribution in [0.1, 0.15) is 17.2 Å². The Morgan fingerprint density at radius 2 is 1.67 bits per heavy atom. The Kier molecular flexibility index (Phi) is 4.13. The topological polar surface area (TPSA) is 37.3 Å². The van der Waals surface area contributed by atoms with E-state index in [1.165, 1.54) is 0 Å². The van der Waals surface area contributed by atoms with E-state index in [0.29, 0.717) is 10.6 Å². The second-order valence-corrected chi connectivity index (χ2v) is 4.52. The second kappa shape index (κ2) is 5.80. The molecule has 92 valence electrons. The van der Waals surface area contributed by atoms with Crippen molar-refractivity contribution in [2.24, 2.45) is 0 Å². The van der Waals surface area contributed by atoms with Gasteiger partial charge in [0.15, 0.2) is 5.78 Å². The molecule has 0 heterocycles. The lowest BCUT2D eigenvalue weighted by molar-refractivity contribution is -0.126. The zero-order valence-corrected chi connectivity index (χ0v) is 10.5. The van der Waals surface area contributed by atoms with E-state index in [-0.39, 0.29) is 12.2 Å². The number of carbonyl (C=O) groups is 1. The van der Waals surface area contributed by atoms with Crippen LogP contribution in [0, 0.1) is 0 Å². The molecule has 18 heavy (non-hydrogen) atoms. The van der Waals surface area contributed by atoms with Crippen molar-refractivity contribution in [3.63, 3.8) is 0 Å². The maximum absolute atomic E-state index is 11.9. The van der Waals surface area contributed by atoms with Gasteiger partial charge in [0, 0.05) is 11.4 Å². The van der Waals surface area contributed by atoms with Crippen molar-refractivity contribution in [3.8, 4) is 0 Å². The number of ketones is 1. The molecule has 3 heteroatoms. The summed E-state index contributed by atoms with van der Waals surface area (Å²) in [6.07, 6.45) is -0.866. The molecule has 0 bridgehead atoms. The van der Waals surface area contributed by atoms with Gasteiger partial charge in [0.05, 0.1) is 0 Å². The highest BCUT2D eigenvalue weighted by Gasteiger charge is 2.16. The van der Waals surface area contributed by atoms with E-state index in [0.717, 1.165) is 5.56 Å². The van der Waals surface area contributed by atoms with Gasteiger partial charge in [-0.25, -0.2) is 0 Å². The molecule has 0 aliphatic rings. The van der Waals surface area contributed by atoms with Crippen LogP contribution in [0.5, 0.6) is 0 Å². The minimum Gasteiger partial charge on any atom is -0.381 e. The Morgan fingerprint density at radius 3 is 2.28 bits per heavy atom. The third-order valence-electron chi connectivity index (χ3n) is 2.71. The quantitative estimate of drug-likeness (QED) is 0.917. The van der Waals surface area contributed by atoms with Crippen LogP contribution < -0.4 is 0 Å². The predicted octanol–water partition coefficient (Wildman–Crippen LogP) is 3.19. The molecule has 1 unspecified atom stereocenters. The number of aliphatic hydroxyl groups is 1. The lowest BCUT2D eigenvalue weighted by Crippen LogP contribution is -2.14. The average Bonchev–Trinajstić information content (AvgIpc) is 2.41. The summed E-state index contributed by atoms with van der Waals surface area (Å²) in [4.78, 5) is 11.9. The first kappa shape index (κ1) is 12.8. The first-order valence-corrected chi connectivity index (χ1v) is 6.05. The van der Waals surface area contributed by atoms with Crippen LogP contribution >= 0.6 is 11.6 Å². The van der Waals surface area contributed by atoms with Crippen LogP contribution in [0.4, 0.5) is 0 Å². The van der Waals surface area contributed by atoms with Gasteiger partial charge in [-0.1, -0.05) is 54.1 Å². The SMILES string of the molecule is O=C(Cc1ccc(Cl)cc1)C(O)c1ccccc1. The summed E-state index contributed by atoms with van der Waals surface area (Å²) < 4.78 is 0. The number of hydrogen-bond donors (Lipinski definition) is 1. The molecule has 0 fully saturated rings. The van der Waals surface area contributed by atoms with Crippen molar-refractivity contribution >= 4 is 17.4 Å². The van der Waals surface area contributed by atoms with E-state index < -0.39 is 6.10 Å². The first-order valence-electron chi connectivity index (χ1n) is 5.67. The van der Waals surface area contributed by atoms with Gasteiger partial charge in [0.25, 0.3) is 0 Å². The van der Waals surface area contributed by atoms with Crippen molar-refractivity contribution < 1.29 is 9.90 Å². The Labute approximate surface area is 111 Å². The van der Waals surface area contributed by atoms with E-state index >= 15 is 0 Å². The first-order chi connectivity index (χ1) is 8.66. The van der Waals surface area contributed by atoms with Gasteiger partial charge in [0.1, 0.15) is 6.10 Å². The number of rotatable bonds is 4. The molecule has 0 aromatic heterocycles. The fourth-order valence-electron chi connectivity index (χ4n) is 1.72. The van der Waals surface area contributed by atoms with Gasteiger partial charge >= 0.3 is 0 Å². The summed E-state index contributed by atoms with van der Waals surface area (Å²) in [5.41, 5.74) is 1.47. The van der Waals surface area contributed by atoms with E-state index in [1.54, 1.807) is 48.5 Å². The maximum atomic E-state index is 11.9. The monoisotopic (exact) mass is 260 g/mol. The number of aliphatic hydroxyl groups excluding tert-OH is 1. The molecular formula is C15H13ClO2. The lowest BCUT2D eigenvalue weighted by atomic mass is 10.0. The zero-order chi connectivity index (χ0) is 13.0. The van der Waals surface area contributed by atoms with Gasteiger partial charge in [-0.05, 0) is 23.3 Å². The van der Waals surface area contributed by atoms with Crippen molar-refractivity contribution in [1.82, 2.24) is 0 Å². The molecule has 2 aromatic carbocycles. The molecule has 0 aliphatic carbocycles. The molecule has 1 atom stereocenters. The summed E-state index contributed by atoms with van der Waals surface area (Å²) in [5, 5.41) is 10.6. The van der Waals surface area contributed by atoms with Gasteiger partial charge in [-0.2, -0.15) is 0 Å². The predicted molar refractivity (Wildman–Crippen MR) is 71.6 cm³/mol. The maximum Gasteiger partial charge on any atom is 0.170 e. The molecule has 2 rings (SSSR count). The average molecular weight is 261 g/mol. The molecule has 0 saturated carbocycles. The van der Waals surface area contributed by atoms with Crippen LogP contribution in [-0.4, -0.2) is 10.9 Å². The number of carbonyl (C=O) groups excluding carboxylic acids is 1. The summed E-state index contributed by atoms with van der Waals surface area (Å²) >= 11 is 5.77. The zero-order valence-electron chi connectivity index (χ0n) is 9.71. The van der Waals surface area contributed by atoms with Crippen LogP contribution in [0.3, 0.4) is 0 Å². The molecule has 2 aromatic rings. The normalized spacial score (nSPS) is 12.1. The van der Waals surface area contributed by atoms with Crippen molar-refractivity contribution in [2.45, 2.75) is 12.5 Å². The Morgan fingerprint density at radius 1 is 1.06 bits per heavy atom. The van der Waals surface area contributed by atoms with Crippen LogP contribution in [0.2, 0.25) is 5.02 Å². The fraction of sp³-hybridized carbons (Fsp3) is 0.133. The summed E-state index contributed by atoms with van der Waals surface area (Å²) in [7, 11) is 0. The van der Waals surface area contributed by atoms with Crippen LogP contribution in [0.15, 0.2) is 54.6 Å². The summed E-state index contributed by atoms with van der Waals surface area (Å²) in [5.74, 6) is -0.219. The molecular weight excluding hydrogens is 248 g/mol. The van der Waals surface area contributed by atoms with Crippen molar-refractivity contribution in [1.29, 1.82) is 0 Å². The number of Topliss-reactive ketones (excluding diaryl/α,β-unsaturated/α-hetero) is 1. The minimum atomic E-state index is -1.07. The Hall–Kier alpha value is -1.64. The van der Waals surface area contributed by atoms with E-state index in [9.17, 15) is 9.90 Å². The third-order valence-corrected chi connectivity index (χ3v) is 2.96. The summed E-state index contributed by atoms with van der Waals surface area (Å²) in [6.45, 7) is 0. The van der Waals surface area contributed by atoms with Crippen molar-refractivity contribution in [2.75, 3.05) is 0 Å². The largest absolute Gasteiger partial charge is 0.381 e. The van der Waals surface area contributed by atoms with E-state index in [1.807, 2.05) is 6.07 Å². The second-order valence-electron chi connectivity index (χ2n) is 4.08. The molecule has 0 saturated heterocycles. The third kappa shape index (κ3) is 3.19. The van der Waals surface area contributed by atoms with Crippen LogP contribution in [-0.2, 0) is 11.2 Å². The van der Waals surface area contributed by atoms with Crippen LogP contribution in [0.25, 0.3) is 0 Å². The smallest absolute Gasteiger partial charge is 0.170 e. The molecule has 0 radical (unpaired) electrons. The van der Waals surface area contributed by atoms with Crippen molar-refractivity contribution in [3.05, 3.63) is 70.7 Å². The summed E-state index contributed by atoms with van der Waals surface area (Å²) in [6, 6.07) is 16.0. The molecule has 0 aliphatic heterocycles. The Balaban J connectivity index is 2.06. The van der Waals surface area contributed by atoms with Gasteiger partial charge < -0.3 is 5.11 Å².